The van der Waals surface area contributed by atoms with E-state index in [2.05, 4.69) is 51.6 Å². The van der Waals surface area contributed by atoms with Gasteiger partial charge < -0.3 is 10.6 Å². The van der Waals surface area contributed by atoms with Crippen LogP contribution >= 0.6 is 24.0 Å². The average molecular weight is 506 g/mol. The molecule has 0 amide bonds. The van der Waals surface area contributed by atoms with Gasteiger partial charge in [0.2, 0.25) is 0 Å². The topological polar surface area (TPSA) is 57.5 Å². The van der Waals surface area contributed by atoms with Crippen LogP contribution in [-0.2, 0) is 13.1 Å². The van der Waals surface area contributed by atoms with Crippen LogP contribution in [0.3, 0.4) is 0 Å². The summed E-state index contributed by atoms with van der Waals surface area (Å²) in [7, 11) is 3.76. The van der Waals surface area contributed by atoms with Gasteiger partial charge in [-0.2, -0.15) is 8.78 Å². The van der Waals surface area contributed by atoms with Crippen molar-refractivity contribution in [1.82, 2.24) is 25.1 Å². The van der Waals surface area contributed by atoms with E-state index in [1.165, 1.54) is 18.0 Å². The highest BCUT2D eigenvalue weighted by Gasteiger charge is 2.12. The molecule has 1 unspecified atom stereocenters. The normalized spacial score (nSPS) is 12.8. The summed E-state index contributed by atoms with van der Waals surface area (Å²) in [4.78, 5) is 10.4. The number of imidazole rings is 1. The SMILES string of the molecule is CN=C(NCCC(C)N(C)Cc1ccccc1)NCc1nccn1C(F)F.I. The van der Waals surface area contributed by atoms with Crippen LogP contribution in [0.15, 0.2) is 47.7 Å². The molecule has 1 heterocycles. The lowest BCUT2D eigenvalue weighted by Crippen LogP contribution is -2.40. The molecule has 1 atom stereocenters. The van der Waals surface area contributed by atoms with Gasteiger partial charge in [-0.3, -0.25) is 14.5 Å². The molecule has 2 aromatic rings. The molecule has 2 N–H and O–H groups in total. The number of alkyl halides is 2. The van der Waals surface area contributed by atoms with Crippen molar-refractivity contribution in [2.75, 3.05) is 20.6 Å². The number of nitrogens with zero attached hydrogens (tertiary/aromatic N) is 4. The van der Waals surface area contributed by atoms with Crippen LogP contribution in [0.5, 0.6) is 0 Å². The molecule has 0 radical (unpaired) electrons. The molecule has 6 nitrogen and oxygen atoms in total. The summed E-state index contributed by atoms with van der Waals surface area (Å²) in [5, 5.41) is 6.24. The molecular formula is C19H29F2IN6. The Bertz CT molecular complexity index is 707. The van der Waals surface area contributed by atoms with Crippen molar-refractivity contribution in [2.24, 2.45) is 4.99 Å². The quantitative estimate of drug-likeness (QED) is 0.311. The second-order valence-corrected chi connectivity index (χ2v) is 6.42. The summed E-state index contributed by atoms with van der Waals surface area (Å²) < 4.78 is 26.5. The highest BCUT2D eigenvalue weighted by atomic mass is 127. The first-order valence-corrected chi connectivity index (χ1v) is 8.99. The minimum Gasteiger partial charge on any atom is -0.356 e. The Labute approximate surface area is 182 Å². The first-order valence-electron chi connectivity index (χ1n) is 8.99. The van der Waals surface area contributed by atoms with Crippen molar-refractivity contribution in [3.63, 3.8) is 0 Å². The number of aliphatic imine (C=N–C) groups is 1. The molecule has 0 saturated heterocycles. The fourth-order valence-electron chi connectivity index (χ4n) is 2.69. The fraction of sp³-hybridized carbons (Fsp3) is 0.474. The third-order valence-corrected chi connectivity index (χ3v) is 4.48. The number of aromatic nitrogens is 2. The summed E-state index contributed by atoms with van der Waals surface area (Å²) in [6, 6.07) is 10.7. The molecule has 0 fully saturated rings. The van der Waals surface area contributed by atoms with Crippen LogP contribution < -0.4 is 10.6 Å². The van der Waals surface area contributed by atoms with E-state index in [1.807, 2.05) is 18.2 Å². The number of rotatable bonds is 9. The average Bonchev–Trinajstić information content (AvgIpc) is 3.14. The van der Waals surface area contributed by atoms with Crippen LogP contribution in [0.1, 0.15) is 31.3 Å². The maximum Gasteiger partial charge on any atom is 0.319 e. The van der Waals surface area contributed by atoms with Gasteiger partial charge in [-0.25, -0.2) is 4.98 Å². The largest absolute Gasteiger partial charge is 0.356 e. The number of hydrogen-bond donors (Lipinski definition) is 2. The Hall–Kier alpha value is -1.75. The summed E-state index contributed by atoms with van der Waals surface area (Å²) >= 11 is 0. The summed E-state index contributed by atoms with van der Waals surface area (Å²) in [6.07, 6.45) is 3.56. The number of nitrogens with one attached hydrogen (secondary N) is 2. The van der Waals surface area contributed by atoms with Crippen LogP contribution in [0.25, 0.3) is 0 Å². The van der Waals surface area contributed by atoms with E-state index in [4.69, 9.17) is 0 Å². The van der Waals surface area contributed by atoms with Crippen molar-refractivity contribution in [3.05, 3.63) is 54.1 Å². The Morgan fingerprint density at radius 1 is 1.25 bits per heavy atom. The second-order valence-electron chi connectivity index (χ2n) is 6.42. The summed E-state index contributed by atoms with van der Waals surface area (Å²) in [5.74, 6) is 0.834. The third-order valence-electron chi connectivity index (χ3n) is 4.48. The smallest absolute Gasteiger partial charge is 0.319 e. The van der Waals surface area contributed by atoms with Gasteiger partial charge in [-0.1, -0.05) is 30.3 Å². The minimum atomic E-state index is -2.60. The summed E-state index contributed by atoms with van der Waals surface area (Å²) in [5.41, 5.74) is 1.28. The minimum absolute atomic E-state index is 0. The van der Waals surface area contributed by atoms with Gasteiger partial charge in [0, 0.05) is 38.6 Å². The van der Waals surface area contributed by atoms with Crippen LogP contribution in [0, 0.1) is 0 Å². The van der Waals surface area contributed by atoms with Gasteiger partial charge in [0.25, 0.3) is 0 Å². The molecule has 0 saturated carbocycles. The number of guanidine groups is 1. The van der Waals surface area contributed by atoms with Gasteiger partial charge in [0.15, 0.2) is 5.96 Å². The van der Waals surface area contributed by atoms with Gasteiger partial charge >= 0.3 is 6.55 Å². The Balaban J connectivity index is 0.00000392. The predicted molar refractivity (Wildman–Crippen MR) is 119 cm³/mol. The Morgan fingerprint density at radius 3 is 2.61 bits per heavy atom. The third kappa shape index (κ3) is 7.70. The molecule has 1 aromatic carbocycles. The standard InChI is InChI=1S/C19H28F2N6.HI/c1-15(26(3)14-16-7-5-4-6-8-16)9-10-24-19(22-2)25-13-17-23-11-12-27(17)18(20)21;/h4-8,11-12,15,18H,9-10,13-14H2,1-3H3,(H2,22,24,25);1H. The van der Waals surface area contributed by atoms with E-state index >= 15 is 0 Å². The molecule has 9 heteroatoms. The number of halogens is 3. The number of hydrogen-bond acceptors (Lipinski definition) is 3. The van der Waals surface area contributed by atoms with Crippen LogP contribution in [0.2, 0.25) is 0 Å². The fourth-order valence-corrected chi connectivity index (χ4v) is 2.69. The van der Waals surface area contributed by atoms with Crippen LogP contribution in [0.4, 0.5) is 8.78 Å². The molecule has 1 aromatic heterocycles. The van der Waals surface area contributed by atoms with Gasteiger partial charge in [-0.15, -0.1) is 24.0 Å². The van der Waals surface area contributed by atoms with Crippen molar-refractivity contribution < 1.29 is 8.78 Å². The van der Waals surface area contributed by atoms with Crippen molar-refractivity contribution in [1.29, 1.82) is 0 Å². The van der Waals surface area contributed by atoms with Crippen molar-refractivity contribution in [3.8, 4) is 0 Å². The number of benzene rings is 1. The van der Waals surface area contributed by atoms with E-state index in [0.717, 1.165) is 24.1 Å². The van der Waals surface area contributed by atoms with Gasteiger partial charge in [-0.05, 0) is 26.0 Å². The molecule has 28 heavy (non-hydrogen) atoms. The molecule has 0 aliphatic carbocycles. The second kappa shape index (κ2) is 12.7. The summed E-state index contributed by atoms with van der Waals surface area (Å²) in [6.45, 7) is 1.38. The van der Waals surface area contributed by atoms with Gasteiger partial charge in [0.1, 0.15) is 5.82 Å². The lowest BCUT2D eigenvalue weighted by molar-refractivity contribution is 0.0668. The first kappa shape index (κ1) is 24.3. The van der Waals surface area contributed by atoms with Crippen molar-refractivity contribution >= 4 is 29.9 Å². The zero-order valence-electron chi connectivity index (χ0n) is 16.5. The first-order chi connectivity index (χ1) is 13.0. The zero-order chi connectivity index (χ0) is 19.6. The molecule has 156 valence electrons. The maximum atomic E-state index is 12.8. The highest BCUT2D eigenvalue weighted by Crippen LogP contribution is 2.12. The van der Waals surface area contributed by atoms with E-state index in [-0.39, 0.29) is 36.3 Å². The molecule has 0 aliphatic rings. The Morgan fingerprint density at radius 2 is 1.96 bits per heavy atom. The maximum absolute atomic E-state index is 12.8. The highest BCUT2D eigenvalue weighted by molar-refractivity contribution is 14.0. The molecule has 2 rings (SSSR count). The molecule has 0 bridgehead atoms. The van der Waals surface area contributed by atoms with Crippen molar-refractivity contribution in [2.45, 2.75) is 39.0 Å². The van der Waals surface area contributed by atoms with E-state index in [9.17, 15) is 8.78 Å². The van der Waals surface area contributed by atoms with Crippen LogP contribution in [-0.4, -0.2) is 47.1 Å². The lowest BCUT2D eigenvalue weighted by Gasteiger charge is -2.25. The monoisotopic (exact) mass is 506 g/mol. The zero-order valence-corrected chi connectivity index (χ0v) is 18.8. The van der Waals surface area contributed by atoms with Gasteiger partial charge in [0.05, 0.1) is 6.54 Å². The predicted octanol–water partition coefficient (Wildman–Crippen LogP) is 3.47. The molecule has 0 aliphatic heterocycles. The molecule has 0 spiro atoms. The molecular weight excluding hydrogens is 477 g/mol. The van der Waals surface area contributed by atoms with E-state index in [1.54, 1.807) is 7.05 Å². The van der Waals surface area contributed by atoms with E-state index < -0.39 is 6.55 Å². The Kier molecular flexibility index (Phi) is 11.0. The van der Waals surface area contributed by atoms with E-state index in [0.29, 0.717) is 12.0 Å². The lowest BCUT2D eigenvalue weighted by atomic mass is 10.1.